The van der Waals surface area contributed by atoms with E-state index in [1.807, 2.05) is 47.7 Å². The van der Waals surface area contributed by atoms with Crippen LogP contribution < -0.4 is 10.2 Å². The number of carbonyl (C=O) groups is 1. The summed E-state index contributed by atoms with van der Waals surface area (Å²) in [5.41, 5.74) is 1.01. The molecule has 1 fully saturated rings. The minimum Gasteiger partial charge on any atom is -0.345 e. The lowest BCUT2D eigenvalue weighted by Gasteiger charge is -2.35. The number of amides is 2. The van der Waals surface area contributed by atoms with Crippen LogP contribution in [0.2, 0.25) is 5.02 Å². The van der Waals surface area contributed by atoms with Crippen LogP contribution in [0.15, 0.2) is 35.8 Å². The van der Waals surface area contributed by atoms with Crippen LogP contribution in [0.5, 0.6) is 0 Å². The summed E-state index contributed by atoms with van der Waals surface area (Å²) >= 11 is 7.64. The molecular weight excluding hydrogens is 332 g/mol. The van der Waals surface area contributed by atoms with Gasteiger partial charge in [0.15, 0.2) is 5.13 Å². The van der Waals surface area contributed by atoms with Gasteiger partial charge in [0.25, 0.3) is 0 Å². The molecule has 2 heterocycles. The number of nitrogens with zero attached hydrogens (tertiary/aromatic N) is 3. The lowest BCUT2D eigenvalue weighted by atomic mass is 10.1. The van der Waals surface area contributed by atoms with Crippen LogP contribution in [0, 0.1) is 0 Å². The number of thiazole rings is 1. The summed E-state index contributed by atoms with van der Waals surface area (Å²) < 4.78 is 0. The lowest BCUT2D eigenvalue weighted by molar-refractivity contribution is 0.191. The fraction of sp³-hybridized carbons (Fsp3) is 0.375. The molecule has 1 saturated heterocycles. The van der Waals surface area contributed by atoms with Gasteiger partial charge in [-0.25, -0.2) is 9.78 Å². The van der Waals surface area contributed by atoms with Crippen LogP contribution in [0.4, 0.5) is 9.93 Å². The molecule has 2 aromatic rings. The van der Waals surface area contributed by atoms with Crippen LogP contribution in [0.25, 0.3) is 0 Å². The molecule has 3 rings (SSSR count). The van der Waals surface area contributed by atoms with Crippen molar-refractivity contribution in [3.05, 3.63) is 46.4 Å². The van der Waals surface area contributed by atoms with E-state index in [0.717, 1.165) is 23.8 Å². The topological polar surface area (TPSA) is 48.5 Å². The summed E-state index contributed by atoms with van der Waals surface area (Å²) in [4.78, 5) is 20.8. The Morgan fingerprint density at radius 2 is 2.13 bits per heavy atom. The lowest BCUT2D eigenvalue weighted by Crippen LogP contribution is -2.52. The van der Waals surface area contributed by atoms with E-state index in [1.54, 1.807) is 11.3 Å². The van der Waals surface area contributed by atoms with Crippen molar-refractivity contribution in [2.75, 3.05) is 31.1 Å². The first-order valence-electron chi connectivity index (χ1n) is 7.59. The Bertz CT molecular complexity index is 656. The largest absolute Gasteiger partial charge is 0.345 e. The summed E-state index contributed by atoms with van der Waals surface area (Å²) in [7, 11) is 0. The van der Waals surface area contributed by atoms with Crippen molar-refractivity contribution in [1.29, 1.82) is 0 Å². The second-order valence-electron chi connectivity index (χ2n) is 5.51. The zero-order valence-electron chi connectivity index (χ0n) is 12.9. The number of aromatic nitrogens is 1. The maximum atomic E-state index is 12.4. The standard InChI is InChI=1S/C16H19ClN4OS/c1-12(13-3-2-4-14(17)11-13)19-15(22)20-6-8-21(9-7-20)16-18-5-10-23-16/h2-5,10-12H,6-9H2,1H3,(H,19,22). The molecule has 122 valence electrons. The van der Waals surface area contributed by atoms with E-state index in [9.17, 15) is 4.79 Å². The first-order chi connectivity index (χ1) is 11.1. The number of halogens is 1. The highest BCUT2D eigenvalue weighted by Crippen LogP contribution is 2.20. The van der Waals surface area contributed by atoms with Crippen LogP contribution >= 0.6 is 22.9 Å². The Hall–Kier alpha value is -1.79. The number of nitrogens with one attached hydrogen (secondary N) is 1. The summed E-state index contributed by atoms with van der Waals surface area (Å²) in [5, 5.41) is 6.72. The fourth-order valence-corrected chi connectivity index (χ4v) is 3.50. The molecule has 0 spiro atoms. The molecule has 7 heteroatoms. The van der Waals surface area contributed by atoms with Crippen molar-refractivity contribution in [3.8, 4) is 0 Å². The molecule has 0 bridgehead atoms. The maximum absolute atomic E-state index is 12.4. The van der Waals surface area contributed by atoms with Crippen LogP contribution in [-0.2, 0) is 0 Å². The Balaban J connectivity index is 1.53. The number of piperazine rings is 1. The third-order valence-electron chi connectivity index (χ3n) is 3.95. The van der Waals surface area contributed by atoms with E-state index in [1.165, 1.54) is 0 Å². The van der Waals surface area contributed by atoms with Crippen molar-refractivity contribution in [2.24, 2.45) is 0 Å². The molecule has 23 heavy (non-hydrogen) atoms. The van der Waals surface area contributed by atoms with E-state index < -0.39 is 0 Å². The van der Waals surface area contributed by atoms with Gasteiger partial charge in [-0.05, 0) is 24.6 Å². The molecule has 0 saturated carbocycles. The summed E-state index contributed by atoms with van der Waals surface area (Å²) in [6, 6.07) is 7.48. The first-order valence-corrected chi connectivity index (χ1v) is 8.84. The van der Waals surface area contributed by atoms with Crippen LogP contribution in [0.1, 0.15) is 18.5 Å². The second kappa shape index (κ2) is 7.19. The summed E-state index contributed by atoms with van der Waals surface area (Å²) in [6.45, 7) is 5.00. The normalized spacial score (nSPS) is 16.3. The highest BCUT2D eigenvalue weighted by Gasteiger charge is 2.23. The van der Waals surface area contributed by atoms with Crippen molar-refractivity contribution >= 4 is 34.1 Å². The Morgan fingerprint density at radius 3 is 2.78 bits per heavy atom. The molecule has 1 unspecified atom stereocenters. The summed E-state index contributed by atoms with van der Waals surface area (Å²) in [6.07, 6.45) is 1.81. The SMILES string of the molecule is CC(NC(=O)N1CCN(c2nccs2)CC1)c1cccc(Cl)c1. The number of carbonyl (C=O) groups excluding carboxylic acids is 1. The highest BCUT2D eigenvalue weighted by atomic mass is 35.5. The van der Waals surface area contributed by atoms with E-state index in [0.29, 0.717) is 18.1 Å². The quantitative estimate of drug-likeness (QED) is 0.923. The molecular formula is C16H19ClN4OS. The zero-order valence-corrected chi connectivity index (χ0v) is 14.5. The van der Waals surface area contributed by atoms with E-state index in [-0.39, 0.29) is 12.1 Å². The number of benzene rings is 1. The molecule has 1 aliphatic heterocycles. The van der Waals surface area contributed by atoms with Gasteiger partial charge in [0.05, 0.1) is 6.04 Å². The Labute approximate surface area is 144 Å². The van der Waals surface area contributed by atoms with Crippen molar-refractivity contribution in [1.82, 2.24) is 15.2 Å². The van der Waals surface area contributed by atoms with Crippen LogP contribution in [-0.4, -0.2) is 42.1 Å². The van der Waals surface area contributed by atoms with Gasteiger partial charge in [-0.15, -0.1) is 11.3 Å². The highest BCUT2D eigenvalue weighted by molar-refractivity contribution is 7.13. The van der Waals surface area contributed by atoms with Gasteiger partial charge in [0.1, 0.15) is 0 Å². The predicted octanol–water partition coefficient (Wildman–Crippen LogP) is 3.39. The predicted molar refractivity (Wildman–Crippen MR) is 94.3 cm³/mol. The third-order valence-corrected chi connectivity index (χ3v) is 5.01. The molecule has 1 atom stereocenters. The van der Waals surface area contributed by atoms with Crippen LogP contribution in [0.3, 0.4) is 0 Å². The number of hydrogen-bond acceptors (Lipinski definition) is 4. The number of rotatable bonds is 3. The Kier molecular flexibility index (Phi) is 5.03. The second-order valence-corrected chi connectivity index (χ2v) is 6.82. The van der Waals surface area contributed by atoms with Crippen molar-refractivity contribution < 1.29 is 4.79 Å². The van der Waals surface area contributed by atoms with Crippen molar-refractivity contribution in [3.63, 3.8) is 0 Å². The molecule has 1 aromatic carbocycles. The summed E-state index contributed by atoms with van der Waals surface area (Å²) in [5.74, 6) is 0. The maximum Gasteiger partial charge on any atom is 0.317 e. The minimum atomic E-state index is -0.0711. The monoisotopic (exact) mass is 350 g/mol. The molecule has 1 aromatic heterocycles. The van der Waals surface area contributed by atoms with E-state index in [2.05, 4.69) is 15.2 Å². The number of anilines is 1. The molecule has 0 radical (unpaired) electrons. The fourth-order valence-electron chi connectivity index (χ4n) is 2.61. The molecule has 5 nitrogen and oxygen atoms in total. The van der Waals surface area contributed by atoms with Gasteiger partial charge in [-0.1, -0.05) is 23.7 Å². The van der Waals surface area contributed by atoms with Crippen molar-refractivity contribution in [2.45, 2.75) is 13.0 Å². The van der Waals surface area contributed by atoms with E-state index in [4.69, 9.17) is 11.6 Å². The van der Waals surface area contributed by atoms with Gasteiger partial charge < -0.3 is 15.1 Å². The van der Waals surface area contributed by atoms with Gasteiger partial charge in [0, 0.05) is 42.8 Å². The Morgan fingerprint density at radius 1 is 1.35 bits per heavy atom. The molecule has 0 aliphatic carbocycles. The third kappa shape index (κ3) is 3.95. The number of hydrogen-bond donors (Lipinski definition) is 1. The molecule has 1 N–H and O–H groups in total. The van der Waals surface area contributed by atoms with Gasteiger partial charge in [0.2, 0.25) is 0 Å². The average molecular weight is 351 g/mol. The molecule has 1 aliphatic rings. The van der Waals surface area contributed by atoms with Gasteiger partial charge >= 0.3 is 6.03 Å². The zero-order chi connectivity index (χ0) is 16.2. The van der Waals surface area contributed by atoms with E-state index >= 15 is 0 Å². The smallest absolute Gasteiger partial charge is 0.317 e. The molecule has 2 amide bonds. The number of urea groups is 1. The van der Waals surface area contributed by atoms with Gasteiger partial charge in [-0.3, -0.25) is 0 Å². The first kappa shape index (κ1) is 16.1. The minimum absolute atomic E-state index is 0.0312. The van der Waals surface area contributed by atoms with Gasteiger partial charge in [-0.2, -0.15) is 0 Å². The average Bonchev–Trinajstić information content (AvgIpc) is 3.09.